The Morgan fingerprint density at radius 2 is 2.08 bits per heavy atom. The maximum Gasteiger partial charge on any atom is 0.251 e. The molecule has 0 bridgehead atoms. The zero-order valence-corrected chi connectivity index (χ0v) is 13.9. The molecule has 7 heteroatoms. The average molecular weight is 339 g/mol. The molecule has 3 rings (SSSR count). The highest BCUT2D eigenvalue weighted by molar-refractivity contribution is 7.15. The highest BCUT2D eigenvalue weighted by Gasteiger charge is 2.05. The Morgan fingerprint density at radius 3 is 2.88 bits per heavy atom. The molecule has 0 aliphatic heterocycles. The highest BCUT2D eigenvalue weighted by Crippen LogP contribution is 2.22. The first-order valence-electron chi connectivity index (χ1n) is 7.43. The van der Waals surface area contributed by atoms with Gasteiger partial charge in [-0.2, -0.15) is 0 Å². The molecule has 24 heavy (non-hydrogen) atoms. The molecule has 0 aliphatic rings. The zero-order chi connectivity index (χ0) is 16.8. The van der Waals surface area contributed by atoms with E-state index >= 15 is 0 Å². The number of hydrogen-bond donors (Lipinski definition) is 3. The minimum Gasteiger partial charge on any atom is -0.380 e. The van der Waals surface area contributed by atoms with E-state index in [0.29, 0.717) is 12.1 Å². The Morgan fingerprint density at radius 1 is 1.17 bits per heavy atom. The summed E-state index contributed by atoms with van der Waals surface area (Å²) in [5.41, 5.74) is 1.52. The largest absolute Gasteiger partial charge is 0.380 e. The van der Waals surface area contributed by atoms with Gasteiger partial charge in [-0.15, -0.1) is 0 Å². The van der Waals surface area contributed by atoms with Crippen LogP contribution in [0.1, 0.15) is 15.2 Å². The number of thiazole rings is 1. The molecule has 0 spiro atoms. The van der Waals surface area contributed by atoms with Gasteiger partial charge in [0.1, 0.15) is 5.82 Å². The summed E-state index contributed by atoms with van der Waals surface area (Å²) in [6.07, 6.45) is 3.56. The molecule has 0 saturated carbocycles. The molecule has 2 aromatic heterocycles. The van der Waals surface area contributed by atoms with Gasteiger partial charge >= 0.3 is 0 Å². The van der Waals surface area contributed by atoms with Crippen LogP contribution in [0.25, 0.3) is 0 Å². The SMILES string of the molecule is CNC(=O)c1cccc(NCc2cnc(Nc3ccccn3)s2)c1. The number of anilines is 3. The fourth-order valence-corrected chi connectivity index (χ4v) is 2.86. The van der Waals surface area contributed by atoms with Crippen molar-refractivity contribution in [3.05, 3.63) is 65.3 Å². The number of carbonyl (C=O) groups is 1. The van der Waals surface area contributed by atoms with Crippen LogP contribution in [0.15, 0.2) is 54.9 Å². The number of aromatic nitrogens is 2. The van der Waals surface area contributed by atoms with E-state index in [1.165, 1.54) is 0 Å². The second-order valence-electron chi connectivity index (χ2n) is 4.99. The Kier molecular flexibility index (Phi) is 5.02. The minimum atomic E-state index is -0.0988. The standard InChI is InChI=1S/C17H17N5OS/c1-18-16(23)12-5-4-6-13(9-12)20-10-14-11-21-17(24-14)22-15-7-2-3-8-19-15/h2-9,11,20H,10H2,1H3,(H,18,23)(H,19,21,22). The molecule has 122 valence electrons. The van der Waals surface area contributed by atoms with Crippen LogP contribution in [0.5, 0.6) is 0 Å². The predicted octanol–water partition coefficient (Wildman–Crippen LogP) is 3.25. The highest BCUT2D eigenvalue weighted by atomic mass is 32.1. The number of hydrogen-bond acceptors (Lipinski definition) is 6. The van der Waals surface area contributed by atoms with Crippen molar-refractivity contribution >= 4 is 33.9 Å². The predicted molar refractivity (Wildman–Crippen MR) is 96.8 cm³/mol. The van der Waals surface area contributed by atoms with Gasteiger partial charge in [-0.3, -0.25) is 4.79 Å². The van der Waals surface area contributed by atoms with Crippen molar-refractivity contribution in [2.45, 2.75) is 6.54 Å². The van der Waals surface area contributed by atoms with Crippen molar-refractivity contribution in [1.29, 1.82) is 0 Å². The fraction of sp³-hybridized carbons (Fsp3) is 0.118. The quantitative estimate of drug-likeness (QED) is 0.642. The van der Waals surface area contributed by atoms with Crippen molar-refractivity contribution < 1.29 is 4.79 Å². The van der Waals surface area contributed by atoms with Crippen LogP contribution in [0.2, 0.25) is 0 Å². The molecule has 1 aromatic carbocycles. The van der Waals surface area contributed by atoms with Crippen LogP contribution in [0.3, 0.4) is 0 Å². The van der Waals surface area contributed by atoms with Crippen LogP contribution in [-0.2, 0) is 6.54 Å². The third-order valence-corrected chi connectivity index (χ3v) is 4.18. The zero-order valence-electron chi connectivity index (χ0n) is 13.1. The second-order valence-corrected chi connectivity index (χ2v) is 6.10. The molecule has 0 unspecified atom stereocenters. The lowest BCUT2D eigenvalue weighted by molar-refractivity contribution is 0.0963. The van der Waals surface area contributed by atoms with E-state index in [4.69, 9.17) is 0 Å². The van der Waals surface area contributed by atoms with Crippen LogP contribution >= 0.6 is 11.3 Å². The van der Waals surface area contributed by atoms with E-state index in [2.05, 4.69) is 25.9 Å². The summed E-state index contributed by atoms with van der Waals surface area (Å²) in [6, 6.07) is 13.1. The molecule has 0 saturated heterocycles. The lowest BCUT2D eigenvalue weighted by Gasteiger charge is -2.06. The Labute approximate surface area is 144 Å². The molecule has 1 amide bonds. The lowest BCUT2D eigenvalue weighted by atomic mass is 10.2. The molecule has 0 fully saturated rings. The van der Waals surface area contributed by atoms with Crippen LogP contribution in [0.4, 0.5) is 16.6 Å². The van der Waals surface area contributed by atoms with Gasteiger partial charge in [-0.1, -0.05) is 23.5 Å². The third kappa shape index (κ3) is 4.08. The molecule has 0 aliphatic carbocycles. The number of nitrogens with one attached hydrogen (secondary N) is 3. The summed E-state index contributed by atoms with van der Waals surface area (Å²) in [7, 11) is 1.62. The first-order chi connectivity index (χ1) is 11.7. The molecular formula is C17H17N5OS. The molecule has 3 N–H and O–H groups in total. The number of carbonyl (C=O) groups excluding carboxylic acids is 1. The molecule has 2 heterocycles. The fourth-order valence-electron chi connectivity index (χ4n) is 2.10. The van der Waals surface area contributed by atoms with Crippen LogP contribution in [-0.4, -0.2) is 22.9 Å². The van der Waals surface area contributed by atoms with E-state index in [0.717, 1.165) is 21.5 Å². The summed E-state index contributed by atoms with van der Waals surface area (Å²) in [4.78, 5) is 21.3. The summed E-state index contributed by atoms with van der Waals surface area (Å²) >= 11 is 1.56. The first-order valence-corrected chi connectivity index (χ1v) is 8.25. The van der Waals surface area contributed by atoms with Crippen LogP contribution < -0.4 is 16.0 Å². The monoisotopic (exact) mass is 339 g/mol. The molecular weight excluding hydrogens is 322 g/mol. The molecule has 3 aromatic rings. The minimum absolute atomic E-state index is 0.0988. The van der Waals surface area contributed by atoms with Crippen molar-refractivity contribution in [3.63, 3.8) is 0 Å². The van der Waals surface area contributed by atoms with Crippen molar-refractivity contribution in [2.75, 3.05) is 17.7 Å². The van der Waals surface area contributed by atoms with E-state index < -0.39 is 0 Å². The smallest absolute Gasteiger partial charge is 0.251 e. The van der Waals surface area contributed by atoms with Crippen LogP contribution in [0, 0.1) is 0 Å². The molecule has 0 radical (unpaired) electrons. The van der Waals surface area contributed by atoms with Gasteiger partial charge < -0.3 is 16.0 Å². The van der Waals surface area contributed by atoms with Crippen molar-refractivity contribution in [2.24, 2.45) is 0 Å². The number of nitrogens with zero attached hydrogens (tertiary/aromatic N) is 2. The summed E-state index contributed by atoms with van der Waals surface area (Å²) in [6.45, 7) is 0.638. The van der Waals surface area contributed by atoms with Crippen molar-refractivity contribution in [1.82, 2.24) is 15.3 Å². The summed E-state index contributed by atoms with van der Waals surface area (Å²) in [5.74, 6) is 0.669. The van der Waals surface area contributed by atoms with E-state index in [9.17, 15) is 4.79 Å². The van der Waals surface area contributed by atoms with Gasteiger partial charge in [-0.05, 0) is 30.3 Å². The first kappa shape index (κ1) is 15.9. The lowest BCUT2D eigenvalue weighted by Crippen LogP contribution is -2.17. The third-order valence-electron chi connectivity index (χ3n) is 3.27. The number of amides is 1. The van der Waals surface area contributed by atoms with Crippen molar-refractivity contribution in [3.8, 4) is 0 Å². The second kappa shape index (κ2) is 7.56. The summed E-state index contributed by atoms with van der Waals surface area (Å²) in [5, 5.41) is 9.89. The average Bonchev–Trinajstić information content (AvgIpc) is 3.08. The normalized spacial score (nSPS) is 10.2. The Hall–Kier alpha value is -2.93. The van der Waals surface area contributed by atoms with Gasteiger partial charge in [0.25, 0.3) is 5.91 Å². The Balaban J connectivity index is 1.60. The number of benzene rings is 1. The van der Waals surface area contributed by atoms with Gasteiger partial charge in [0.15, 0.2) is 5.13 Å². The maximum absolute atomic E-state index is 11.7. The van der Waals surface area contributed by atoms with E-state index in [-0.39, 0.29) is 5.91 Å². The van der Waals surface area contributed by atoms with E-state index in [1.807, 2.05) is 42.6 Å². The van der Waals surface area contributed by atoms with Gasteiger partial charge in [0.05, 0.1) is 6.54 Å². The summed E-state index contributed by atoms with van der Waals surface area (Å²) < 4.78 is 0. The number of pyridine rings is 1. The maximum atomic E-state index is 11.7. The molecule has 0 atom stereocenters. The van der Waals surface area contributed by atoms with Gasteiger partial charge in [0, 0.05) is 35.6 Å². The van der Waals surface area contributed by atoms with Gasteiger partial charge in [-0.25, -0.2) is 9.97 Å². The Bertz CT molecular complexity index is 819. The number of rotatable bonds is 6. The van der Waals surface area contributed by atoms with Gasteiger partial charge in [0.2, 0.25) is 0 Å². The topological polar surface area (TPSA) is 78.9 Å². The van der Waals surface area contributed by atoms with E-state index in [1.54, 1.807) is 30.6 Å². The molecule has 6 nitrogen and oxygen atoms in total.